The van der Waals surface area contributed by atoms with Crippen LogP contribution in [0.1, 0.15) is 19.8 Å². The second kappa shape index (κ2) is 9.16. The Kier molecular flexibility index (Phi) is 6.35. The molecule has 11 heteroatoms. The standard InChI is InChI=1S/C20H21N5O4S2/c1-14(30-20-24-23-19(29-20)15-8-10-21-11-9-15)18(26)22-16-4-6-17(7-5-16)31(27,28)25-12-2-3-13-25/h4-11,14H,2-3,12-13H2,1H3,(H,22,26). The van der Waals surface area contributed by atoms with Crippen LogP contribution in [0.2, 0.25) is 0 Å². The highest BCUT2D eigenvalue weighted by Gasteiger charge is 2.27. The minimum absolute atomic E-state index is 0.226. The van der Waals surface area contributed by atoms with Crippen molar-refractivity contribution >= 4 is 33.4 Å². The van der Waals surface area contributed by atoms with Gasteiger partial charge in [0, 0.05) is 36.7 Å². The molecule has 1 saturated heterocycles. The molecule has 1 fully saturated rings. The molecule has 1 aromatic carbocycles. The van der Waals surface area contributed by atoms with Crippen LogP contribution in [0.25, 0.3) is 11.5 Å². The van der Waals surface area contributed by atoms with Gasteiger partial charge >= 0.3 is 0 Å². The first-order valence-electron chi connectivity index (χ1n) is 9.75. The van der Waals surface area contributed by atoms with Crippen LogP contribution < -0.4 is 5.32 Å². The van der Waals surface area contributed by atoms with Crippen molar-refractivity contribution in [1.82, 2.24) is 19.5 Å². The maximum absolute atomic E-state index is 12.6. The molecule has 0 radical (unpaired) electrons. The van der Waals surface area contributed by atoms with E-state index in [2.05, 4.69) is 20.5 Å². The molecule has 9 nitrogen and oxygen atoms in total. The molecule has 1 aliphatic heterocycles. The monoisotopic (exact) mass is 459 g/mol. The Bertz CT molecular complexity index is 1140. The van der Waals surface area contributed by atoms with Crippen LogP contribution in [-0.2, 0) is 14.8 Å². The molecular weight excluding hydrogens is 438 g/mol. The minimum Gasteiger partial charge on any atom is -0.411 e. The summed E-state index contributed by atoms with van der Waals surface area (Å²) in [4.78, 5) is 16.7. The van der Waals surface area contributed by atoms with Crippen LogP contribution in [-0.4, -0.2) is 52.2 Å². The van der Waals surface area contributed by atoms with Gasteiger partial charge in [0.15, 0.2) is 0 Å². The molecule has 0 spiro atoms. The Balaban J connectivity index is 1.36. The summed E-state index contributed by atoms with van der Waals surface area (Å²) in [5.41, 5.74) is 1.26. The number of aromatic nitrogens is 3. The van der Waals surface area contributed by atoms with Crippen LogP contribution in [0, 0.1) is 0 Å². The topological polar surface area (TPSA) is 118 Å². The molecule has 162 valence electrons. The van der Waals surface area contributed by atoms with E-state index in [-0.39, 0.29) is 16.0 Å². The van der Waals surface area contributed by atoms with Crippen molar-refractivity contribution in [3.63, 3.8) is 0 Å². The molecule has 0 saturated carbocycles. The molecule has 2 aromatic heterocycles. The molecule has 31 heavy (non-hydrogen) atoms. The van der Waals surface area contributed by atoms with Crippen molar-refractivity contribution in [2.24, 2.45) is 0 Å². The van der Waals surface area contributed by atoms with Crippen molar-refractivity contribution in [2.75, 3.05) is 18.4 Å². The van der Waals surface area contributed by atoms with Crippen LogP contribution in [0.5, 0.6) is 0 Å². The summed E-state index contributed by atoms with van der Waals surface area (Å²) in [5, 5.41) is 10.5. The third kappa shape index (κ3) is 4.94. The molecule has 4 rings (SSSR count). The average molecular weight is 460 g/mol. The van der Waals surface area contributed by atoms with Gasteiger partial charge in [0.05, 0.1) is 10.1 Å². The van der Waals surface area contributed by atoms with E-state index in [1.165, 1.54) is 16.4 Å². The molecule has 1 atom stereocenters. The van der Waals surface area contributed by atoms with Gasteiger partial charge in [-0.15, -0.1) is 10.2 Å². The number of hydrogen-bond donors (Lipinski definition) is 1. The third-order valence-electron chi connectivity index (χ3n) is 4.81. The maximum atomic E-state index is 12.6. The molecule has 1 amide bonds. The summed E-state index contributed by atoms with van der Waals surface area (Å²) >= 11 is 1.14. The number of sulfonamides is 1. The summed E-state index contributed by atoms with van der Waals surface area (Å²) in [6.07, 6.45) is 5.02. The average Bonchev–Trinajstić information content (AvgIpc) is 3.47. The largest absolute Gasteiger partial charge is 0.411 e. The number of pyridine rings is 1. The predicted molar refractivity (Wildman–Crippen MR) is 116 cm³/mol. The maximum Gasteiger partial charge on any atom is 0.277 e. The van der Waals surface area contributed by atoms with Crippen molar-refractivity contribution in [2.45, 2.75) is 35.1 Å². The van der Waals surface area contributed by atoms with Crippen LogP contribution in [0.3, 0.4) is 0 Å². The van der Waals surface area contributed by atoms with Gasteiger partial charge in [-0.2, -0.15) is 4.31 Å². The normalized spacial score (nSPS) is 15.6. The van der Waals surface area contributed by atoms with E-state index in [4.69, 9.17) is 4.42 Å². The quantitative estimate of drug-likeness (QED) is 0.536. The smallest absolute Gasteiger partial charge is 0.277 e. The number of rotatable bonds is 7. The van der Waals surface area contributed by atoms with Gasteiger partial charge in [0.2, 0.25) is 21.8 Å². The van der Waals surface area contributed by atoms with E-state index < -0.39 is 15.3 Å². The number of carbonyl (C=O) groups is 1. The Labute approximate surface area is 184 Å². The highest BCUT2D eigenvalue weighted by molar-refractivity contribution is 8.00. The summed E-state index contributed by atoms with van der Waals surface area (Å²) < 4.78 is 32.3. The molecule has 0 aliphatic carbocycles. The van der Waals surface area contributed by atoms with E-state index in [1.807, 2.05) is 0 Å². The first-order valence-corrected chi connectivity index (χ1v) is 12.1. The number of hydrogen-bond acceptors (Lipinski definition) is 8. The van der Waals surface area contributed by atoms with Crippen molar-refractivity contribution in [3.05, 3.63) is 48.8 Å². The highest BCUT2D eigenvalue weighted by Crippen LogP contribution is 2.27. The molecule has 3 aromatic rings. The summed E-state index contributed by atoms with van der Waals surface area (Å²) in [6, 6.07) is 9.72. The van der Waals surface area contributed by atoms with Crippen LogP contribution in [0.4, 0.5) is 5.69 Å². The summed E-state index contributed by atoms with van der Waals surface area (Å²) in [6.45, 7) is 2.82. The molecule has 3 heterocycles. The zero-order chi connectivity index (χ0) is 21.8. The van der Waals surface area contributed by atoms with E-state index in [9.17, 15) is 13.2 Å². The van der Waals surface area contributed by atoms with Gasteiger partial charge in [-0.25, -0.2) is 8.42 Å². The Morgan fingerprint density at radius 1 is 1.10 bits per heavy atom. The molecule has 1 unspecified atom stereocenters. The van der Waals surface area contributed by atoms with Crippen LogP contribution >= 0.6 is 11.8 Å². The Hall–Kier alpha value is -2.76. The van der Waals surface area contributed by atoms with Crippen LogP contribution in [0.15, 0.2) is 63.3 Å². The second-order valence-corrected chi connectivity index (χ2v) is 10.2. The lowest BCUT2D eigenvalue weighted by Gasteiger charge is -2.16. The first kappa shape index (κ1) is 21.5. The van der Waals surface area contributed by atoms with Gasteiger partial charge in [-0.1, -0.05) is 11.8 Å². The van der Waals surface area contributed by atoms with Crippen molar-refractivity contribution in [1.29, 1.82) is 0 Å². The number of benzene rings is 1. The molecule has 1 aliphatic rings. The lowest BCUT2D eigenvalue weighted by atomic mass is 10.3. The zero-order valence-corrected chi connectivity index (χ0v) is 18.4. The molecular formula is C20H21N5O4S2. The van der Waals surface area contributed by atoms with E-state index >= 15 is 0 Å². The Morgan fingerprint density at radius 2 is 1.77 bits per heavy atom. The molecule has 1 N–H and O–H groups in total. The zero-order valence-electron chi connectivity index (χ0n) is 16.8. The lowest BCUT2D eigenvalue weighted by molar-refractivity contribution is -0.115. The fourth-order valence-electron chi connectivity index (χ4n) is 3.10. The number of thioether (sulfide) groups is 1. The minimum atomic E-state index is -3.48. The summed E-state index contributed by atoms with van der Waals surface area (Å²) in [5.74, 6) is 0.0936. The Morgan fingerprint density at radius 3 is 2.45 bits per heavy atom. The fraction of sp³-hybridized carbons (Fsp3) is 0.300. The fourth-order valence-corrected chi connectivity index (χ4v) is 5.31. The van der Waals surface area contributed by atoms with Crippen molar-refractivity contribution in [3.8, 4) is 11.5 Å². The lowest BCUT2D eigenvalue weighted by Crippen LogP contribution is -2.27. The first-order chi connectivity index (χ1) is 14.9. The highest BCUT2D eigenvalue weighted by atomic mass is 32.2. The summed E-state index contributed by atoms with van der Waals surface area (Å²) in [7, 11) is -3.48. The number of carbonyl (C=O) groups excluding carboxylic acids is 1. The molecule has 0 bridgehead atoms. The predicted octanol–water partition coefficient (Wildman–Crippen LogP) is 3.04. The van der Waals surface area contributed by atoms with Gasteiger partial charge < -0.3 is 9.73 Å². The third-order valence-corrected chi connectivity index (χ3v) is 7.65. The van der Waals surface area contributed by atoms with Crippen molar-refractivity contribution < 1.29 is 17.6 Å². The second-order valence-electron chi connectivity index (χ2n) is 6.99. The van der Waals surface area contributed by atoms with Gasteiger partial charge in [-0.3, -0.25) is 9.78 Å². The van der Waals surface area contributed by atoms with Gasteiger partial charge in [0.1, 0.15) is 0 Å². The SMILES string of the molecule is CC(Sc1nnc(-c2ccncc2)o1)C(=O)Nc1ccc(S(=O)(=O)N2CCCC2)cc1. The van der Waals surface area contributed by atoms with Gasteiger partial charge in [0.25, 0.3) is 5.22 Å². The number of anilines is 1. The van der Waals surface area contributed by atoms with E-state index in [0.29, 0.717) is 24.7 Å². The number of nitrogens with one attached hydrogen (secondary N) is 1. The number of amides is 1. The van der Waals surface area contributed by atoms with E-state index in [0.717, 1.165) is 30.2 Å². The number of nitrogens with zero attached hydrogens (tertiary/aromatic N) is 4. The van der Waals surface area contributed by atoms with E-state index in [1.54, 1.807) is 43.6 Å². The van der Waals surface area contributed by atoms with Gasteiger partial charge in [-0.05, 0) is 56.2 Å².